The van der Waals surface area contributed by atoms with Gasteiger partial charge in [-0.15, -0.1) is 0 Å². The molecule has 150 valence electrons. The van der Waals surface area contributed by atoms with Gasteiger partial charge in [0.15, 0.2) is 11.5 Å². The molecule has 0 bridgehead atoms. The summed E-state index contributed by atoms with van der Waals surface area (Å²) in [7, 11) is 6.61. The number of hydrogen-bond acceptors (Lipinski definition) is 4. The van der Waals surface area contributed by atoms with E-state index in [1.165, 1.54) is 0 Å². The first-order valence-corrected chi connectivity index (χ1v) is 9.26. The standard InChI is InChI=1S/C24H25NO4/c1-25(16-17-8-9-20-15-21(27-2)12-10-19(20)14-17)23(26)13-11-18-6-5-7-22(28-3)24(18)29-4/h5-15H,16H2,1-4H3/b13-11+. The number of amides is 1. The van der Waals surface area contributed by atoms with Crippen LogP contribution in [0, 0.1) is 0 Å². The Bertz CT molecular complexity index is 1040. The van der Waals surface area contributed by atoms with Crippen molar-refractivity contribution in [1.29, 1.82) is 0 Å². The Hall–Kier alpha value is -3.47. The van der Waals surface area contributed by atoms with Crippen LogP contribution in [-0.4, -0.2) is 39.2 Å². The van der Waals surface area contributed by atoms with Gasteiger partial charge in [0.05, 0.1) is 21.3 Å². The molecule has 0 unspecified atom stereocenters. The number of rotatable bonds is 7. The smallest absolute Gasteiger partial charge is 0.246 e. The lowest BCUT2D eigenvalue weighted by atomic mass is 10.1. The molecule has 29 heavy (non-hydrogen) atoms. The molecule has 0 aliphatic carbocycles. The third-order valence-electron chi connectivity index (χ3n) is 4.75. The molecule has 0 N–H and O–H groups in total. The molecule has 0 saturated carbocycles. The summed E-state index contributed by atoms with van der Waals surface area (Å²) in [6.45, 7) is 0.514. The van der Waals surface area contributed by atoms with Gasteiger partial charge < -0.3 is 19.1 Å². The Morgan fingerprint density at radius 3 is 2.41 bits per heavy atom. The highest BCUT2D eigenvalue weighted by Crippen LogP contribution is 2.31. The van der Waals surface area contributed by atoms with Gasteiger partial charge in [-0.3, -0.25) is 4.79 Å². The van der Waals surface area contributed by atoms with Crippen LogP contribution in [0.25, 0.3) is 16.8 Å². The fraction of sp³-hybridized carbons (Fsp3) is 0.208. The number of para-hydroxylation sites is 1. The van der Waals surface area contributed by atoms with Crippen LogP contribution in [0.4, 0.5) is 0 Å². The molecule has 3 aromatic carbocycles. The van der Waals surface area contributed by atoms with Crippen LogP contribution in [0.3, 0.4) is 0 Å². The van der Waals surface area contributed by atoms with Crippen LogP contribution in [0.2, 0.25) is 0 Å². The number of benzene rings is 3. The molecule has 0 heterocycles. The van der Waals surface area contributed by atoms with Crippen LogP contribution in [0.5, 0.6) is 17.2 Å². The number of nitrogens with zero attached hydrogens (tertiary/aromatic N) is 1. The molecule has 0 saturated heterocycles. The van der Waals surface area contributed by atoms with Crippen LogP contribution in [0.1, 0.15) is 11.1 Å². The quantitative estimate of drug-likeness (QED) is 0.555. The maximum Gasteiger partial charge on any atom is 0.246 e. The van der Waals surface area contributed by atoms with E-state index in [0.717, 1.165) is 27.6 Å². The summed E-state index contributed by atoms with van der Waals surface area (Å²) in [6.07, 6.45) is 3.29. The molecular weight excluding hydrogens is 366 g/mol. The second-order valence-electron chi connectivity index (χ2n) is 6.66. The fourth-order valence-electron chi connectivity index (χ4n) is 3.18. The van der Waals surface area contributed by atoms with Crippen molar-refractivity contribution >= 4 is 22.8 Å². The van der Waals surface area contributed by atoms with Crippen molar-refractivity contribution in [2.75, 3.05) is 28.4 Å². The van der Waals surface area contributed by atoms with Gasteiger partial charge >= 0.3 is 0 Å². The second kappa shape index (κ2) is 9.15. The summed E-state index contributed by atoms with van der Waals surface area (Å²) < 4.78 is 16.0. The van der Waals surface area contributed by atoms with Gasteiger partial charge in [0.1, 0.15) is 5.75 Å². The highest BCUT2D eigenvalue weighted by molar-refractivity contribution is 5.92. The van der Waals surface area contributed by atoms with E-state index in [0.29, 0.717) is 18.0 Å². The molecule has 0 aliphatic rings. The van der Waals surface area contributed by atoms with Crippen LogP contribution in [-0.2, 0) is 11.3 Å². The molecule has 0 fully saturated rings. The van der Waals surface area contributed by atoms with Crippen molar-refractivity contribution in [1.82, 2.24) is 4.90 Å². The first-order valence-electron chi connectivity index (χ1n) is 9.26. The minimum atomic E-state index is -0.0929. The van der Waals surface area contributed by atoms with Gasteiger partial charge in [0.25, 0.3) is 0 Å². The zero-order chi connectivity index (χ0) is 20.8. The monoisotopic (exact) mass is 391 g/mol. The summed E-state index contributed by atoms with van der Waals surface area (Å²) in [6, 6.07) is 17.7. The number of hydrogen-bond donors (Lipinski definition) is 0. The van der Waals surface area contributed by atoms with Crippen molar-refractivity contribution in [2.24, 2.45) is 0 Å². The van der Waals surface area contributed by atoms with Crippen molar-refractivity contribution in [3.8, 4) is 17.2 Å². The Morgan fingerprint density at radius 1 is 0.931 bits per heavy atom. The number of carbonyl (C=O) groups is 1. The Labute approximate surface area is 171 Å². The van der Waals surface area contributed by atoms with Gasteiger partial charge in [-0.2, -0.15) is 0 Å². The molecule has 0 aliphatic heterocycles. The first kappa shape index (κ1) is 20.3. The van der Waals surface area contributed by atoms with Crippen molar-refractivity contribution in [2.45, 2.75) is 6.54 Å². The maximum atomic E-state index is 12.6. The molecule has 0 atom stereocenters. The first-order chi connectivity index (χ1) is 14.0. The number of fused-ring (bicyclic) bond motifs is 1. The molecule has 1 amide bonds. The third-order valence-corrected chi connectivity index (χ3v) is 4.75. The van der Waals surface area contributed by atoms with Gasteiger partial charge in [-0.25, -0.2) is 0 Å². The summed E-state index contributed by atoms with van der Waals surface area (Å²) in [5.41, 5.74) is 1.85. The maximum absolute atomic E-state index is 12.6. The highest BCUT2D eigenvalue weighted by Gasteiger charge is 2.10. The van der Waals surface area contributed by atoms with Crippen LogP contribution in [0.15, 0.2) is 60.7 Å². The molecule has 0 aromatic heterocycles. The van der Waals surface area contributed by atoms with E-state index in [4.69, 9.17) is 14.2 Å². The number of carbonyl (C=O) groups excluding carboxylic acids is 1. The van der Waals surface area contributed by atoms with Gasteiger partial charge in [-0.1, -0.05) is 30.3 Å². The Balaban J connectivity index is 1.72. The summed E-state index contributed by atoms with van der Waals surface area (Å²) in [4.78, 5) is 14.2. The predicted octanol–water partition coefficient (Wildman–Crippen LogP) is 4.54. The predicted molar refractivity (Wildman–Crippen MR) is 116 cm³/mol. The summed E-state index contributed by atoms with van der Waals surface area (Å²) in [5.74, 6) is 1.97. The normalized spacial score (nSPS) is 10.9. The molecule has 5 nitrogen and oxygen atoms in total. The van der Waals surface area contributed by atoms with Gasteiger partial charge in [0, 0.05) is 25.2 Å². The Kier molecular flexibility index (Phi) is 6.39. The van der Waals surface area contributed by atoms with E-state index in [1.54, 1.807) is 45.4 Å². The average Bonchev–Trinajstić information content (AvgIpc) is 2.76. The lowest BCUT2D eigenvalue weighted by Gasteiger charge is -2.16. The van der Waals surface area contributed by atoms with E-state index in [2.05, 4.69) is 6.07 Å². The SMILES string of the molecule is COc1ccc2cc(CN(C)C(=O)/C=C/c3cccc(OC)c3OC)ccc2c1. The topological polar surface area (TPSA) is 48.0 Å². The van der Waals surface area contributed by atoms with Crippen molar-refractivity contribution in [3.05, 3.63) is 71.8 Å². The van der Waals surface area contributed by atoms with E-state index in [1.807, 2.05) is 48.5 Å². The van der Waals surface area contributed by atoms with Gasteiger partial charge in [0.2, 0.25) is 5.91 Å². The lowest BCUT2D eigenvalue weighted by molar-refractivity contribution is -0.125. The van der Waals surface area contributed by atoms with Crippen molar-refractivity contribution in [3.63, 3.8) is 0 Å². The summed E-state index contributed by atoms with van der Waals surface area (Å²) in [5, 5.41) is 2.22. The van der Waals surface area contributed by atoms with E-state index in [-0.39, 0.29) is 5.91 Å². The highest BCUT2D eigenvalue weighted by atomic mass is 16.5. The average molecular weight is 391 g/mol. The van der Waals surface area contributed by atoms with Crippen LogP contribution < -0.4 is 14.2 Å². The van der Waals surface area contributed by atoms with E-state index >= 15 is 0 Å². The second-order valence-corrected chi connectivity index (χ2v) is 6.66. The molecule has 3 aromatic rings. The van der Waals surface area contributed by atoms with Crippen molar-refractivity contribution < 1.29 is 19.0 Å². The molecule has 3 rings (SSSR count). The Morgan fingerprint density at radius 2 is 1.69 bits per heavy atom. The number of ether oxygens (including phenoxy) is 3. The third kappa shape index (κ3) is 4.69. The lowest BCUT2D eigenvalue weighted by Crippen LogP contribution is -2.24. The molecule has 0 radical (unpaired) electrons. The van der Waals surface area contributed by atoms with Gasteiger partial charge in [-0.05, 0) is 46.7 Å². The minimum absolute atomic E-state index is 0.0929. The largest absolute Gasteiger partial charge is 0.497 e. The minimum Gasteiger partial charge on any atom is -0.497 e. The molecule has 5 heteroatoms. The van der Waals surface area contributed by atoms with E-state index < -0.39 is 0 Å². The zero-order valence-electron chi connectivity index (χ0n) is 17.1. The summed E-state index contributed by atoms with van der Waals surface area (Å²) >= 11 is 0. The molecule has 0 spiro atoms. The fourth-order valence-corrected chi connectivity index (χ4v) is 3.18. The zero-order valence-corrected chi connectivity index (χ0v) is 17.1. The number of likely N-dealkylation sites (N-methyl/N-ethyl adjacent to an activating group) is 1. The van der Waals surface area contributed by atoms with E-state index in [9.17, 15) is 4.79 Å². The molecular formula is C24H25NO4. The number of methoxy groups -OCH3 is 3. The van der Waals surface area contributed by atoms with Crippen LogP contribution >= 0.6 is 0 Å².